The van der Waals surface area contributed by atoms with E-state index in [1.807, 2.05) is 20.8 Å². The van der Waals surface area contributed by atoms with E-state index in [0.717, 1.165) is 22.2 Å². The van der Waals surface area contributed by atoms with E-state index in [1.54, 1.807) is 0 Å². The highest BCUT2D eigenvalue weighted by Crippen LogP contribution is 2.36. The zero-order valence-corrected chi connectivity index (χ0v) is 12.5. The van der Waals surface area contributed by atoms with E-state index in [2.05, 4.69) is 27.3 Å². The van der Waals surface area contributed by atoms with Gasteiger partial charge in [0.15, 0.2) is 0 Å². The Bertz CT molecular complexity index is 458. The predicted molar refractivity (Wildman–Crippen MR) is 74.2 cm³/mol. The molecule has 0 aliphatic heterocycles. The number of carbonyl (C=O) groups excluding carboxylic acids is 1. The lowest BCUT2D eigenvalue weighted by Gasteiger charge is -2.11. The number of halogens is 1. The Morgan fingerprint density at radius 2 is 2.12 bits per heavy atom. The van der Waals surface area contributed by atoms with Crippen LogP contribution in [0.15, 0.2) is 3.79 Å². The molecule has 1 N–H and O–H groups in total. The standard InChI is InChI=1S/C12H15BrN2OS/c1-4-8(5-2)11(16)15-12-9(6-14)7(3)10(13)17-12/h8H,4-5H2,1-3H3,(H,15,16). The van der Waals surface area contributed by atoms with Gasteiger partial charge in [-0.05, 0) is 41.3 Å². The van der Waals surface area contributed by atoms with Crippen LogP contribution < -0.4 is 5.32 Å². The molecule has 3 nitrogen and oxygen atoms in total. The maximum absolute atomic E-state index is 11.9. The fourth-order valence-electron chi connectivity index (χ4n) is 1.58. The van der Waals surface area contributed by atoms with Crippen molar-refractivity contribution in [1.29, 1.82) is 5.26 Å². The van der Waals surface area contributed by atoms with Crippen molar-refractivity contribution in [2.75, 3.05) is 5.32 Å². The first-order valence-electron chi connectivity index (χ1n) is 5.54. The van der Waals surface area contributed by atoms with Gasteiger partial charge in [0.05, 0.1) is 9.35 Å². The minimum absolute atomic E-state index is 0.000231. The third kappa shape index (κ3) is 3.08. The fourth-order valence-corrected chi connectivity index (χ4v) is 3.15. The van der Waals surface area contributed by atoms with E-state index >= 15 is 0 Å². The van der Waals surface area contributed by atoms with Crippen LogP contribution in [0.4, 0.5) is 5.00 Å². The molecule has 1 aromatic rings. The molecule has 0 saturated heterocycles. The number of amides is 1. The van der Waals surface area contributed by atoms with Crippen molar-refractivity contribution in [3.8, 4) is 6.07 Å². The van der Waals surface area contributed by atoms with Crippen LogP contribution in [0.25, 0.3) is 0 Å². The summed E-state index contributed by atoms with van der Waals surface area (Å²) in [5.41, 5.74) is 1.44. The molecule has 0 aromatic carbocycles. The monoisotopic (exact) mass is 314 g/mol. The Balaban J connectivity index is 2.93. The van der Waals surface area contributed by atoms with Crippen molar-refractivity contribution in [3.05, 3.63) is 14.9 Å². The van der Waals surface area contributed by atoms with E-state index < -0.39 is 0 Å². The molecule has 0 fully saturated rings. The lowest BCUT2D eigenvalue weighted by Crippen LogP contribution is -2.21. The van der Waals surface area contributed by atoms with Crippen molar-refractivity contribution in [2.24, 2.45) is 5.92 Å². The number of hydrogen-bond acceptors (Lipinski definition) is 3. The molecule has 1 aromatic heterocycles. The van der Waals surface area contributed by atoms with Crippen molar-refractivity contribution >= 4 is 38.2 Å². The highest BCUT2D eigenvalue weighted by Gasteiger charge is 2.19. The molecule has 0 aliphatic rings. The van der Waals surface area contributed by atoms with Crippen molar-refractivity contribution < 1.29 is 4.79 Å². The molecule has 1 rings (SSSR count). The molecule has 0 bridgehead atoms. The third-order valence-electron chi connectivity index (χ3n) is 2.79. The van der Waals surface area contributed by atoms with Gasteiger partial charge in [-0.1, -0.05) is 13.8 Å². The van der Waals surface area contributed by atoms with Gasteiger partial charge in [-0.15, -0.1) is 11.3 Å². The van der Waals surface area contributed by atoms with Gasteiger partial charge >= 0.3 is 0 Å². The van der Waals surface area contributed by atoms with Crippen LogP contribution in [0.3, 0.4) is 0 Å². The van der Waals surface area contributed by atoms with Gasteiger partial charge in [-0.3, -0.25) is 4.79 Å². The number of nitrogens with zero attached hydrogens (tertiary/aromatic N) is 1. The number of nitrogens with one attached hydrogen (secondary N) is 1. The Kier molecular flexibility index (Phi) is 5.16. The highest BCUT2D eigenvalue weighted by atomic mass is 79.9. The van der Waals surface area contributed by atoms with Gasteiger partial charge in [-0.25, -0.2) is 0 Å². The molecular weight excluding hydrogens is 300 g/mol. The highest BCUT2D eigenvalue weighted by molar-refractivity contribution is 9.11. The Labute approximate surface area is 114 Å². The van der Waals surface area contributed by atoms with Gasteiger partial charge in [0, 0.05) is 5.92 Å². The van der Waals surface area contributed by atoms with Crippen LogP contribution in [-0.2, 0) is 4.79 Å². The quantitative estimate of drug-likeness (QED) is 0.910. The zero-order chi connectivity index (χ0) is 13.0. The number of carbonyl (C=O) groups is 1. The SMILES string of the molecule is CCC(CC)C(=O)Nc1sc(Br)c(C)c1C#N. The summed E-state index contributed by atoms with van der Waals surface area (Å²) in [4.78, 5) is 11.9. The van der Waals surface area contributed by atoms with Crippen LogP contribution in [-0.4, -0.2) is 5.91 Å². The Hall–Kier alpha value is -0.860. The summed E-state index contributed by atoms with van der Waals surface area (Å²) < 4.78 is 0.897. The van der Waals surface area contributed by atoms with Crippen molar-refractivity contribution in [1.82, 2.24) is 0 Å². The van der Waals surface area contributed by atoms with Crippen molar-refractivity contribution in [2.45, 2.75) is 33.6 Å². The fraction of sp³-hybridized carbons (Fsp3) is 0.500. The molecule has 17 heavy (non-hydrogen) atoms. The van der Waals surface area contributed by atoms with E-state index in [4.69, 9.17) is 5.26 Å². The number of rotatable bonds is 4. The van der Waals surface area contributed by atoms with Crippen LogP contribution in [0.1, 0.15) is 37.8 Å². The molecule has 5 heteroatoms. The smallest absolute Gasteiger partial charge is 0.228 e. The maximum Gasteiger partial charge on any atom is 0.228 e. The first kappa shape index (κ1) is 14.2. The lowest BCUT2D eigenvalue weighted by atomic mass is 10.0. The molecule has 0 spiro atoms. The maximum atomic E-state index is 11.9. The van der Waals surface area contributed by atoms with E-state index in [9.17, 15) is 4.79 Å². The molecule has 0 atom stereocenters. The van der Waals surface area contributed by atoms with Crippen LogP contribution in [0.2, 0.25) is 0 Å². The van der Waals surface area contributed by atoms with Crippen LogP contribution in [0, 0.1) is 24.2 Å². The first-order chi connectivity index (χ1) is 8.04. The molecule has 1 heterocycles. The minimum atomic E-state index is 0.000231. The van der Waals surface area contributed by atoms with E-state index in [1.165, 1.54) is 11.3 Å². The number of nitriles is 1. The molecule has 1 amide bonds. The minimum Gasteiger partial charge on any atom is -0.316 e. The summed E-state index contributed by atoms with van der Waals surface area (Å²) >= 11 is 4.78. The van der Waals surface area contributed by atoms with Gasteiger partial charge < -0.3 is 5.32 Å². The largest absolute Gasteiger partial charge is 0.316 e. The van der Waals surface area contributed by atoms with Gasteiger partial charge in [-0.2, -0.15) is 5.26 Å². The third-order valence-corrected chi connectivity index (χ3v) is 4.87. The molecule has 0 radical (unpaired) electrons. The number of thiophene rings is 1. The summed E-state index contributed by atoms with van der Waals surface area (Å²) in [6, 6.07) is 2.13. The van der Waals surface area contributed by atoms with E-state index in [-0.39, 0.29) is 11.8 Å². The van der Waals surface area contributed by atoms with Crippen LogP contribution >= 0.6 is 27.3 Å². The van der Waals surface area contributed by atoms with Gasteiger partial charge in [0.2, 0.25) is 5.91 Å². The molecule has 0 unspecified atom stereocenters. The second kappa shape index (κ2) is 6.18. The molecule has 92 valence electrons. The number of hydrogen-bond donors (Lipinski definition) is 1. The molecular formula is C12H15BrN2OS. The van der Waals surface area contributed by atoms with Crippen molar-refractivity contribution in [3.63, 3.8) is 0 Å². The average molecular weight is 315 g/mol. The van der Waals surface area contributed by atoms with Gasteiger partial charge in [0.25, 0.3) is 0 Å². The first-order valence-corrected chi connectivity index (χ1v) is 7.15. The van der Waals surface area contributed by atoms with Crippen LogP contribution in [0.5, 0.6) is 0 Å². The summed E-state index contributed by atoms with van der Waals surface area (Å²) in [6.07, 6.45) is 1.63. The van der Waals surface area contributed by atoms with E-state index in [0.29, 0.717) is 10.6 Å². The number of anilines is 1. The normalized spacial score (nSPS) is 10.4. The second-order valence-corrected chi connectivity index (χ2v) is 6.16. The topological polar surface area (TPSA) is 52.9 Å². The van der Waals surface area contributed by atoms with Gasteiger partial charge in [0.1, 0.15) is 11.1 Å². The lowest BCUT2D eigenvalue weighted by molar-refractivity contribution is -0.120. The second-order valence-electron chi connectivity index (χ2n) is 3.82. The molecule has 0 aliphatic carbocycles. The summed E-state index contributed by atoms with van der Waals surface area (Å²) in [5.74, 6) is 0.0166. The average Bonchev–Trinajstić information content (AvgIpc) is 2.56. The summed E-state index contributed by atoms with van der Waals surface area (Å²) in [6.45, 7) is 5.86. The zero-order valence-electron chi connectivity index (χ0n) is 10.1. The molecule has 0 saturated carbocycles. The summed E-state index contributed by atoms with van der Waals surface area (Å²) in [7, 11) is 0. The predicted octanol–water partition coefficient (Wildman–Crippen LogP) is 4.07. The Morgan fingerprint density at radius 1 is 1.53 bits per heavy atom. The Morgan fingerprint density at radius 3 is 2.59 bits per heavy atom. The summed E-state index contributed by atoms with van der Waals surface area (Å²) in [5, 5.41) is 12.6.